The monoisotopic (exact) mass is 115 g/mol. The lowest BCUT2D eigenvalue weighted by atomic mass is 11.3. The van der Waals surface area contributed by atoms with E-state index < -0.39 is 6.09 Å². The smallest absolute Gasteiger partial charge is 0.402 e. The molecule has 0 atom stereocenters. The maximum atomic E-state index is 8.78. The molecule has 0 saturated carbocycles. The zero-order valence-corrected chi connectivity index (χ0v) is 3.43. The highest BCUT2D eigenvalue weighted by molar-refractivity contribution is 5.61. The Morgan fingerprint density at radius 2 is 1.29 bits per heavy atom. The van der Waals surface area contributed by atoms with Gasteiger partial charge in [0.15, 0.2) is 0 Å². The number of hydrogen-bond acceptors (Lipinski definition) is 1. The summed E-state index contributed by atoms with van der Waals surface area (Å²) in [5.41, 5.74) is 4.03. The molecule has 0 spiro atoms. The number of rotatable bonds is 0. The van der Waals surface area contributed by atoms with Crippen molar-refractivity contribution in [1.29, 1.82) is 0 Å². The summed E-state index contributed by atoms with van der Waals surface area (Å²) in [5.74, 6) is 0. The molecule has 1 amide bonds. The van der Waals surface area contributed by atoms with Crippen molar-refractivity contribution in [3.05, 3.63) is 0 Å². The Balaban J connectivity index is -0.0000000150. The van der Waals surface area contributed by atoms with E-state index in [1.807, 2.05) is 0 Å². The maximum absolute atomic E-state index is 8.78. The molecule has 0 aliphatic carbocycles. The largest absolute Gasteiger partial charge is 0.465 e. The molecule has 0 aromatic heterocycles. The molecule has 7 heavy (non-hydrogen) atoms. The summed E-state index contributed by atoms with van der Waals surface area (Å²) in [7, 11) is 0. The number of primary amides is 1. The Bertz CT molecular complexity index is 31.1. The van der Waals surface area contributed by atoms with Crippen LogP contribution in [0, 0.1) is 0 Å². The van der Waals surface area contributed by atoms with E-state index in [9.17, 15) is 0 Å². The minimum atomic E-state index is -1.33. The second-order valence-electron chi connectivity index (χ2n) is 0.338. The van der Waals surface area contributed by atoms with E-state index in [0.717, 1.165) is 0 Å². The van der Waals surface area contributed by atoms with Crippen LogP contribution in [-0.2, 0) is 0 Å². The summed E-state index contributed by atoms with van der Waals surface area (Å²) in [4.78, 5) is 8.78. The lowest BCUT2D eigenvalue weighted by Gasteiger charge is -1.61. The van der Waals surface area contributed by atoms with Crippen LogP contribution in [0.1, 0.15) is 0 Å². The minimum Gasteiger partial charge on any atom is -0.465 e. The van der Waals surface area contributed by atoms with Gasteiger partial charge in [-0.05, 0) is 0 Å². The Kier molecular flexibility index (Phi) is 96.7. The SMILES string of the molecule is NC(=O)O.O.O.O. The van der Waals surface area contributed by atoms with Crippen LogP contribution in [0.15, 0.2) is 0 Å². The lowest BCUT2D eigenvalue weighted by molar-refractivity contribution is 0.205. The molecule has 48 valence electrons. The normalized spacial score (nSPS) is 3.43. The van der Waals surface area contributed by atoms with Crippen molar-refractivity contribution in [2.24, 2.45) is 5.73 Å². The molecule has 0 aromatic rings. The van der Waals surface area contributed by atoms with Crippen molar-refractivity contribution in [2.45, 2.75) is 0 Å². The molecule has 0 unspecified atom stereocenters. The fourth-order valence-electron chi connectivity index (χ4n) is 0. The maximum Gasteiger partial charge on any atom is 0.402 e. The van der Waals surface area contributed by atoms with Gasteiger partial charge in [0.2, 0.25) is 0 Å². The standard InChI is InChI=1S/CH3NO2.3H2O/c2-1(3)4;;;/h2H2,(H,3,4);3*1H2. The van der Waals surface area contributed by atoms with Crippen LogP contribution < -0.4 is 5.73 Å². The minimum absolute atomic E-state index is 0. The topological polar surface area (TPSA) is 158 Å². The highest BCUT2D eigenvalue weighted by atomic mass is 16.4. The Hall–Kier alpha value is -0.850. The van der Waals surface area contributed by atoms with Gasteiger partial charge in [-0.2, -0.15) is 0 Å². The Labute approximate surface area is 39.5 Å². The second-order valence-corrected chi connectivity index (χ2v) is 0.338. The average Bonchev–Trinajstić information content (AvgIpc) is 0.811. The van der Waals surface area contributed by atoms with Crippen molar-refractivity contribution in [3.63, 3.8) is 0 Å². The van der Waals surface area contributed by atoms with Crippen molar-refractivity contribution < 1.29 is 26.3 Å². The van der Waals surface area contributed by atoms with E-state index >= 15 is 0 Å². The predicted molar refractivity (Wildman–Crippen MR) is 23.1 cm³/mol. The van der Waals surface area contributed by atoms with Crippen molar-refractivity contribution >= 4 is 6.09 Å². The van der Waals surface area contributed by atoms with Crippen molar-refractivity contribution in [2.75, 3.05) is 0 Å². The van der Waals surface area contributed by atoms with Crippen LogP contribution in [0.5, 0.6) is 0 Å². The molecule has 9 N–H and O–H groups in total. The number of carbonyl (C=O) groups is 1. The molecule has 0 aliphatic heterocycles. The van der Waals surface area contributed by atoms with Gasteiger partial charge >= 0.3 is 6.09 Å². The van der Waals surface area contributed by atoms with E-state index in [2.05, 4.69) is 5.73 Å². The van der Waals surface area contributed by atoms with E-state index in [-0.39, 0.29) is 16.4 Å². The van der Waals surface area contributed by atoms with Crippen LogP contribution in [0.25, 0.3) is 0 Å². The van der Waals surface area contributed by atoms with Crippen LogP contribution in [0.4, 0.5) is 4.79 Å². The van der Waals surface area contributed by atoms with Crippen LogP contribution >= 0.6 is 0 Å². The molecule has 0 bridgehead atoms. The van der Waals surface area contributed by atoms with Gasteiger partial charge in [-0.15, -0.1) is 0 Å². The number of nitrogens with two attached hydrogens (primary N) is 1. The first-order valence-electron chi connectivity index (χ1n) is 0.716. The molecular weight excluding hydrogens is 106 g/mol. The molecule has 6 heteroatoms. The number of amides is 1. The summed E-state index contributed by atoms with van der Waals surface area (Å²) in [6.45, 7) is 0. The molecule has 0 radical (unpaired) electrons. The second kappa shape index (κ2) is 19.2. The van der Waals surface area contributed by atoms with Gasteiger partial charge in [0, 0.05) is 0 Å². The zero-order valence-electron chi connectivity index (χ0n) is 3.43. The zero-order chi connectivity index (χ0) is 3.58. The third-order valence-corrected chi connectivity index (χ3v) is 0. The first-order valence-corrected chi connectivity index (χ1v) is 0.716. The van der Waals surface area contributed by atoms with E-state index in [0.29, 0.717) is 0 Å². The van der Waals surface area contributed by atoms with Gasteiger partial charge in [-0.25, -0.2) is 4.79 Å². The van der Waals surface area contributed by atoms with Crippen LogP contribution in [-0.4, -0.2) is 27.6 Å². The molecule has 0 rings (SSSR count). The molecule has 6 nitrogen and oxygen atoms in total. The van der Waals surface area contributed by atoms with Gasteiger partial charge < -0.3 is 27.3 Å². The van der Waals surface area contributed by atoms with Gasteiger partial charge in [0.05, 0.1) is 0 Å². The average molecular weight is 115 g/mol. The van der Waals surface area contributed by atoms with E-state index in [4.69, 9.17) is 9.90 Å². The van der Waals surface area contributed by atoms with Crippen molar-refractivity contribution in [1.82, 2.24) is 0 Å². The van der Waals surface area contributed by atoms with Gasteiger partial charge in [-0.1, -0.05) is 0 Å². The fraction of sp³-hybridized carbons (Fsp3) is 0. The highest BCUT2D eigenvalue weighted by Gasteiger charge is 1.65. The molecule has 0 fully saturated rings. The summed E-state index contributed by atoms with van der Waals surface area (Å²) in [5, 5.41) is 7.19. The lowest BCUT2D eigenvalue weighted by Crippen LogP contribution is -2.03. The first-order chi connectivity index (χ1) is 1.73. The van der Waals surface area contributed by atoms with Crippen molar-refractivity contribution in [3.8, 4) is 0 Å². The van der Waals surface area contributed by atoms with E-state index in [1.165, 1.54) is 0 Å². The summed E-state index contributed by atoms with van der Waals surface area (Å²) >= 11 is 0. The Morgan fingerprint density at radius 3 is 1.29 bits per heavy atom. The molecular formula is CH9NO5. The van der Waals surface area contributed by atoms with E-state index in [1.54, 1.807) is 0 Å². The quantitative estimate of drug-likeness (QED) is 0.348. The summed E-state index contributed by atoms with van der Waals surface area (Å²) in [6, 6.07) is 0. The summed E-state index contributed by atoms with van der Waals surface area (Å²) < 4.78 is 0. The predicted octanol–water partition coefficient (Wildman–Crippen LogP) is -2.85. The number of carboxylic acid groups (broad SMARTS) is 1. The molecule has 0 aromatic carbocycles. The van der Waals surface area contributed by atoms with Gasteiger partial charge in [-0.3, -0.25) is 0 Å². The van der Waals surface area contributed by atoms with Crippen LogP contribution in [0.3, 0.4) is 0 Å². The van der Waals surface area contributed by atoms with Gasteiger partial charge in [0.25, 0.3) is 0 Å². The molecule has 0 heterocycles. The third kappa shape index (κ3) is 70.7. The fourth-order valence-corrected chi connectivity index (χ4v) is 0. The molecule has 0 aliphatic rings. The molecule has 0 saturated heterocycles. The van der Waals surface area contributed by atoms with Gasteiger partial charge in [0.1, 0.15) is 0 Å². The Morgan fingerprint density at radius 1 is 1.29 bits per heavy atom. The highest BCUT2D eigenvalue weighted by Crippen LogP contribution is 1.34. The summed E-state index contributed by atoms with van der Waals surface area (Å²) in [6.07, 6.45) is -1.33. The third-order valence-electron chi connectivity index (χ3n) is 0. The first kappa shape index (κ1) is 35.3. The number of hydrogen-bond donors (Lipinski definition) is 2. The van der Waals surface area contributed by atoms with Crippen LogP contribution in [0.2, 0.25) is 0 Å².